The maximum Gasteiger partial charge on any atom is 0.379 e. The number of carbonyl (C=O) groups is 2. The topological polar surface area (TPSA) is 65.7 Å². The number of Topliss-reactive ketones (excluding diaryl/α,β-unsaturated/α-hetero) is 1. The molecule has 0 fully saturated rings. The molecule has 1 aliphatic rings. The normalized spacial score (nSPS) is 14.1. The lowest BCUT2D eigenvalue weighted by Gasteiger charge is -2.06. The van der Waals surface area contributed by atoms with Crippen LogP contribution in [0.1, 0.15) is 44.5 Å². The van der Waals surface area contributed by atoms with Crippen LogP contribution in [0.15, 0.2) is 65.0 Å². The van der Waals surface area contributed by atoms with Crippen molar-refractivity contribution >= 4 is 17.8 Å². The maximum atomic E-state index is 12.7. The Labute approximate surface area is 162 Å². The minimum atomic E-state index is -0.611. The SMILES string of the molecule is CCc1ccc(/C=C2\Oc3cc(OC(=O)c4ccco4)cc(C)c3C2=O)cc1. The van der Waals surface area contributed by atoms with E-state index in [-0.39, 0.29) is 17.3 Å². The van der Waals surface area contributed by atoms with E-state index in [1.54, 1.807) is 31.2 Å². The average molecular weight is 374 g/mol. The zero-order chi connectivity index (χ0) is 19.7. The lowest BCUT2D eigenvalue weighted by Crippen LogP contribution is -2.07. The fourth-order valence-corrected chi connectivity index (χ4v) is 3.09. The fourth-order valence-electron chi connectivity index (χ4n) is 3.09. The zero-order valence-electron chi connectivity index (χ0n) is 15.5. The molecular formula is C23H18O5. The Balaban J connectivity index is 1.60. The van der Waals surface area contributed by atoms with Crippen molar-refractivity contribution in [1.29, 1.82) is 0 Å². The summed E-state index contributed by atoms with van der Waals surface area (Å²) in [7, 11) is 0. The number of allylic oxidation sites excluding steroid dienone is 1. The van der Waals surface area contributed by atoms with Crippen LogP contribution in [0, 0.1) is 6.92 Å². The summed E-state index contributed by atoms with van der Waals surface area (Å²) in [5.74, 6) is 0.224. The summed E-state index contributed by atoms with van der Waals surface area (Å²) in [6.45, 7) is 3.87. The minimum Gasteiger partial charge on any atom is -0.457 e. The number of hydrogen-bond acceptors (Lipinski definition) is 5. The molecule has 5 heteroatoms. The number of esters is 1. The number of furan rings is 1. The van der Waals surface area contributed by atoms with E-state index in [1.165, 1.54) is 17.9 Å². The van der Waals surface area contributed by atoms with E-state index in [0.717, 1.165) is 12.0 Å². The lowest BCUT2D eigenvalue weighted by atomic mass is 10.0. The van der Waals surface area contributed by atoms with Crippen molar-refractivity contribution in [2.24, 2.45) is 0 Å². The number of ketones is 1. The molecule has 0 N–H and O–H groups in total. The Morgan fingerprint density at radius 2 is 1.93 bits per heavy atom. The Bertz CT molecular complexity index is 1070. The summed E-state index contributed by atoms with van der Waals surface area (Å²) in [4.78, 5) is 24.8. The number of hydrogen-bond donors (Lipinski definition) is 0. The Morgan fingerprint density at radius 1 is 1.14 bits per heavy atom. The van der Waals surface area contributed by atoms with Gasteiger partial charge in [0, 0.05) is 6.07 Å². The van der Waals surface area contributed by atoms with Gasteiger partial charge >= 0.3 is 5.97 Å². The number of aryl methyl sites for hydroxylation is 2. The summed E-state index contributed by atoms with van der Waals surface area (Å²) < 4.78 is 16.1. The number of rotatable bonds is 4. The van der Waals surface area contributed by atoms with Crippen LogP contribution in [-0.2, 0) is 6.42 Å². The van der Waals surface area contributed by atoms with Crippen molar-refractivity contribution in [3.8, 4) is 11.5 Å². The highest BCUT2D eigenvalue weighted by atomic mass is 16.5. The predicted molar refractivity (Wildman–Crippen MR) is 104 cm³/mol. The van der Waals surface area contributed by atoms with Gasteiger partial charge < -0.3 is 13.9 Å². The molecule has 5 nitrogen and oxygen atoms in total. The summed E-state index contributed by atoms with van der Waals surface area (Å²) in [6.07, 6.45) is 4.07. The molecule has 1 aliphatic heterocycles. The molecule has 0 amide bonds. The van der Waals surface area contributed by atoms with Gasteiger partial charge in [-0.2, -0.15) is 0 Å². The average Bonchev–Trinajstić information content (AvgIpc) is 3.32. The molecule has 0 saturated heterocycles. The van der Waals surface area contributed by atoms with Gasteiger partial charge in [0.25, 0.3) is 0 Å². The van der Waals surface area contributed by atoms with Crippen LogP contribution in [-0.4, -0.2) is 11.8 Å². The number of carbonyl (C=O) groups excluding carboxylic acids is 2. The highest BCUT2D eigenvalue weighted by Crippen LogP contribution is 2.37. The molecule has 0 unspecified atom stereocenters. The Morgan fingerprint density at radius 3 is 2.61 bits per heavy atom. The van der Waals surface area contributed by atoms with Crippen LogP contribution in [0.4, 0.5) is 0 Å². The van der Waals surface area contributed by atoms with Crippen molar-refractivity contribution in [2.75, 3.05) is 0 Å². The van der Waals surface area contributed by atoms with Gasteiger partial charge in [-0.1, -0.05) is 31.2 Å². The second kappa shape index (κ2) is 7.19. The van der Waals surface area contributed by atoms with Crippen LogP contribution in [0.5, 0.6) is 11.5 Å². The van der Waals surface area contributed by atoms with E-state index in [2.05, 4.69) is 6.92 Å². The molecule has 140 valence electrons. The largest absolute Gasteiger partial charge is 0.457 e. The van der Waals surface area contributed by atoms with Crippen LogP contribution in [0.25, 0.3) is 6.08 Å². The van der Waals surface area contributed by atoms with Gasteiger partial charge in [0.05, 0.1) is 11.8 Å². The van der Waals surface area contributed by atoms with Crippen molar-refractivity contribution in [3.63, 3.8) is 0 Å². The first-order valence-corrected chi connectivity index (χ1v) is 8.98. The van der Waals surface area contributed by atoms with Crippen molar-refractivity contribution in [1.82, 2.24) is 0 Å². The van der Waals surface area contributed by atoms with Crippen molar-refractivity contribution in [3.05, 3.63) is 88.6 Å². The zero-order valence-corrected chi connectivity index (χ0v) is 15.5. The molecular weight excluding hydrogens is 356 g/mol. The quantitative estimate of drug-likeness (QED) is 0.366. The Hall–Kier alpha value is -3.60. The molecule has 0 bridgehead atoms. The molecule has 0 spiro atoms. The molecule has 0 radical (unpaired) electrons. The van der Waals surface area contributed by atoms with E-state index in [1.807, 2.05) is 24.3 Å². The van der Waals surface area contributed by atoms with Crippen LogP contribution >= 0.6 is 0 Å². The summed E-state index contributed by atoms with van der Waals surface area (Å²) in [6, 6.07) is 14.3. The van der Waals surface area contributed by atoms with Gasteiger partial charge in [-0.3, -0.25) is 4.79 Å². The second-order valence-corrected chi connectivity index (χ2v) is 6.52. The maximum absolute atomic E-state index is 12.7. The van der Waals surface area contributed by atoms with Gasteiger partial charge in [-0.25, -0.2) is 4.79 Å². The summed E-state index contributed by atoms with van der Waals surface area (Å²) in [5, 5.41) is 0. The molecule has 2 heterocycles. The highest BCUT2D eigenvalue weighted by molar-refractivity contribution is 6.15. The van der Waals surface area contributed by atoms with E-state index in [0.29, 0.717) is 22.6 Å². The minimum absolute atomic E-state index is 0.103. The van der Waals surface area contributed by atoms with E-state index >= 15 is 0 Å². The summed E-state index contributed by atoms with van der Waals surface area (Å²) >= 11 is 0. The summed E-state index contributed by atoms with van der Waals surface area (Å²) in [5.41, 5.74) is 3.27. The molecule has 3 aromatic rings. The smallest absolute Gasteiger partial charge is 0.379 e. The second-order valence-electron chi connectivity index (χ2n) is 6.52. The number of ether oxygens (including phenoxy) is 2. The third kappa shape index (κ3) is 3.34. The van der Waals surface area contributed by atoms with Gasteiger partial charge in [-0.05, 0) is 54.3 Å². The van der Waals surface area contributed by atoms with Gasteiger partial charge in [0.1, 0.15) is 11.5 Å². The highest BCUT2D eigenvalue weighted by Gasteiger charge is 2.30. The van der Waals surface area contributed by atoms with Crippen molar-refractivity contribution < 1.29 is 23.5 Å². The van der Waals surface area contributed by atoms with Gasteiger partial charge in [-0.15, -0.1) is 0 Å². The number of fused-ring (bicyclic) bond motifs is 1. The molecule has 28 heavy (non-hydrogen) atoms. The molecule has 0 aliphatic carbocycles. The molecule has 1 aromatic heterocycles. The van der Waals surface area contributed by atoms with E-state index in [9.17, 15) is 9.59 Å². The first-order chi connectivity index (χ1) is 13.5. The molecule has 0 saturated carbocycles. The third-order valence-electron chi connectivity index (χ3n) is 4.56. The van der Waals surface area contributed by atoms with Crippen LogP contribution in [0.3, 0.4) is 0 Å². The molecule has 4 rings (SSSR count). The first-order valence-electron chi connectivity index (χ1n) is 8.98. The van der Waals surface area contributed by atoms with Crippen LogP contribution < -0.4 is 9.47 Å². The number of benzene rings is 2. The Kier molecular flexibility index (Phi) is 4.57. The lowest BCUT2D eigenvalue weighted by molar-refractivity contribution is 0.0701. The molecule has 0 atom stereocenters. The van der Waals surface area contributed by atoms with Gasteiger partial charge in [0.2, 0.25) is 11.5 Å². The van der Waals surface area contributed by atoms with E-state index in [4.69, 9.17) is 13.9 Å². The predicted octanol–water partition coefficient (Wildman–Crippen LogP) is 4.99. The first kappa shape index (κ1) is 17.8. The standard InChI is InChI=1S/C23H18O5/c1-3-15-6-8-16(9-7-15)12-20-22(24)21-14(2)11-17(13-19(21)28-20)27-23(25)18-5-4-10-26-18/h4-13H,3H2,1-2H3/b20-12-. The van der Waals surface area contributed by atoms with Crippen molar-refractivity contribution in [2.45, 2.75) is 20.3 Å². The van der Waals surface area contributed by atoms with Gasteiger partial charge in [0.15, 0.2) is 5.76 Å². The monoisotopic (exact) mass is 374 g/mol. The van der Waals surface area contributed by atoms with E-state index < -0.39 is 5.97 Å². The fraction of sp³-hybridized carbons (Fsp3) is 0.130. The van der Waals surface area contributed by atoms with Crippen LogP contribution in [0.2, 0.25) is 0 Å². The third-order valence-corrected chi connectivity index (χ3v) is 4.56. The molecule has 2 aromatic carbocycles.